The van der Waals surface area contributed by atoms with Crippen LogP contribution < -0.4 is 10.6 Å². The van der Waals surface area contributed by atoms with Crippen molar-refractivity contribution in [3.8, 4) is 11.1 Å². The highest BCUT2D eigenvalue weighted by molar-refractivity contribution is 7.72. The van der Waals surface area contributed by atoms with E-state index < -0.39 is 13.1 Å². The molecule has 0 radical (unpaired) electrons. The summed E-state index contributed by atoms with van der Waals surface area (Å²) in [5.74, 6) is 0. The van der Waals surface area contributed by atoms with Crippen molar-refractivity contribution in [3.63, 3.8) is 0 Å². The third-order valence-electron chi connectivity index (χ3n) is 8.26. The van der Waals surface area contributed by atoms with Gasteiger partial charge in [0.25, 0.3) is 0 Å². The molecule has 1 unspecified atom stereocenters. The van der Waals surface area contributed by atoms with E-state index in [2.05, 4.69) is 181 Å². The van der Waals surface area contributed by atoms with E-state index in [1.165, 1.54) is 55.1 Å². The standard InChI is InChI=1S/C40H36P2/c1-30-17-9-14-26-37(30)40(41,38-27-15-10-18-31(38)2)39-28-16-13-25-36(39)35-24-12-11-19-32(35)29-42(33-20-5-3-6-21-33)34-22-7-4-8-23-34/h3-28H,29,41H2,1-2H3. The van der Waals surface area contributed by atoms with Crippen LogP contribution in [0.15, 0.2) is 158 Å². The summed E-state index contributed by atoms with van der Waals surface area (Å²) in [6.07, 6.45) is 0.979. The van der Waals surface area contributed by atoms with Crippen LogP contribution in [0.3, 0.4) is 0 Å². The molecule has 0 fully saturated rings. The lowest BCUT2D eigenvalue weighted by atomic mass is 9.77. The van der Waals surface area contributed by atoms with Crippen LogP contribution in [0.1, 0.15) is 33.4 Å². The Bertz CT molecular complexity index is 1710. The summed E-state index contributed by atoms with van der Waals surface area (Å²) in [7, 11) is 2.73. The van der Waals surface area contributed by atoms with Crippen molar-refractivity contribution in [1.29, 1.82) is 0 Å². The van der Waals surface area contributed by atoms with Crippen molar-refractivity contribution >= 4 is 27.8 Å². The molecule has 0 aliphatic carbocycles. The number of rotatable bonds is 8. The van der Waals surface area contributed by atoms with E-state index in [1.54, 1.807) is 0 Å². The third kappa shape index (κ3) is 5.51. The van der Waals surface area contributed by atoms with Gasteiger partial charge in [0.2, 0.25) is 0 Å². The van der Waals surface area contributed by atoms with Gasteiger partial charge in [0.1, 0.15) is 0 Å². The summed E-state index contributed by atoms with van der Waals surface area (Å²) < 4.78 is 0. The molecule has 6 aromatic rings. The Morgan fingerprint density at radius 2 is 0.857 bits per heavy atom. The van der Waals surface area contributed by atoms with E-state index in [9.17, 15) is 0 Å². The zero-order valence-corrected chi connectivity index (χ0v) is 26.3. The van der Waals surface area contributed by atoms with Gasteiger partial charge >= 0.3 is 0 Å². The van der Waals surface area contributed by atoms with Crippen LogP contribution in [-0.2, 0) is 11.3 Å². The van der Waals surface area contributed by atoms with E-state index in [4.69, 9.17) is 0 Å². The lowest BCUT2D eigenvalue weighted by molar-refractivity contribution is 0.876. The van der Waals surface area contributed by atoms with E-state index in [1.807, 2.05) is 0 Å². The zero-order chi connectivity index (χ0) is 28.9. The topological polar surface area (TPSA) is 0 Å². The average molecular weight is 579 g/mol. The first-order valence-electron chi connectivity index (χ1n) is 14.5. The number of hydrogen-bond donors (Lipinski definition) is 0. The third-order valence-corrected chi connectivity index (χ3v) is 11.7. The maximum absolute atomic E-state index is 3.30. The second-order valence-electron chi connectivity index (χ2n) is 10.9. The van der Waals surface area contributed by atoms with Gasteiger partial charge in [0.05, 0.1) is 5.16 Å². The second kappa shape index (κ2) is 12.6. The van der Waals surface area contributed by atoms with E-state index in [0.717, 1.165) is 6.16 Å². The molecule has 0 saturated heterocycles. The first kappa shape index (κ1) is 28.3. The largest absolute Gasteiger partial charge is 0.117 e. The van der Waals surface area contributed by atoms with Crippen LogP contribution in [0, 0.1) is 13.8 Å². The van der Waals surface area contributed by atoms with E-state index in [0.29, 0.717) is 0 Å². The van der Waals surface area contributed by atoms with Gasteiger partial charge in [-0.15, -0.1) is 9.24 Å². The first-order chi connectivity index (χ1) is 20.6. The maximum atomic E-state index is 3.30. The number of aryl methyl sites for hydroxylation is 2. The molecule has 6 rings (SSSR count). The minimum Gasteiger partial charge on any atom is -0.117 e. The number of hydrogen-bond acceptors (Lipinski definition) is 0. The summed E-state index contributed by atoms with van der Waals surface area (Å²) in [5.41, 5.74) is 10.5. The fourth-order valence-electron chi connectivity index (χ4n) is 6.17. The predicted molar refractivity (Wildman–Crippen MR) is 187 cm³/mol. The molecule has 0 saturated carbocycles. The molecule has 206 valence electrons. The first-order valence-corrected chi connectivity index (χ1v) is 16.6. The Morgan fingerprint density at radius 3 is 1.38 bits per heavy atom. The average Bonchev–Trinajstić information content (AvgIpc) is 3.05. The van der Waals surface area contributed by atoms with E-state index >= 15 is 0 Å². The summed E-state index contributed by atoms with van der Waals surface area (Å²) in [6.45, 7) is 4.46. The molecule has 0 nitrogen and oxygen atoms in total. The van der Waals surface area contributed by atoms with Gasteiger partial charge < -0.3 is 0 Å². The van der Waals surface area contributed by atoms with Crippen LogP contribution in [0.5, 0.6) is 0 Å². The summed E-state index contributed by atoms with van der Waals surface area (Å²) in [5, 5.41) is 2.40. The van der Waals surface area contributed by atoms with Crippen LogP contribution in [0.2, 0.25) is 0 Å². The Morgan fingerprint density at radius 1 is 0.452 bits per heavy atom. The SMILES string of the molecule is Cc1ccccc1C(P)(c1ccccc1C)c1ccccc1-c1ccccc1CP(c1ccccc1)c1ccccc1. The van der Waals surface area contributed by atoms with Crippen LogP contribution in [-0.4, -0.2) is 0 Å². The van der Waals surface area contributed by atoms with Crippen molar-refractivity contribution in [2.75, 3.05) is 0 Å². The van der Waals surface area contributed by atoms with Gasteiger partial charge in [-0.2, -0.15) is 0 Å². The summed E-state index contributed by atoms with van der Waals surface area (Å²) >= 11 is 0. The summed E-state index contributed by atoms with van der Waals surface area (Å²) in [4.78, 5) is 0. The molecule has 0 spiro atoms. The normalized spacial score (nSPS) is 11.5. The Labute approximate surface area is 254 Å². The fourth-order valence-corrected chi connectivity index (χ4v) is 9.41. The molecule has 2 heteroatoms. The highest BCUT2D eigenvalue weighted by atomic mass is 31.1. The second-order valence-corrected chi connectivity index (χ2v) is 14.0. The molecule has 0 amide bonds. The lowest BCUT2D eigenvalue weighted by Gasteiger charge is -2.36. The van der Waals surface area contributed by atoms with Gasteiger partial charge in [-0.3, -0.25) is 0 Å². The quantitative estimate of drug-likeness (QED) is 0.125. The van der Waals surface area contributed by atoms with Crippen molar-refractivity contribution in [3.05, 3.63) is 191 Å². The molecule has 6 aromatic carbocycles. The minimum atomic E-state index is -0.575. The summed E-state index contributed by atoms with van der Waals surface area (Å²) in [6, 6.07) is 57.8. The van der Waals surface area contributed by atoms with Gasteiger partial charge in [-0.1, -0.05) is 158 Å². The van der Waals surface area contributed by atoms with Gasteiger partial charge in [0, 0.05) is 6.16 Å². The van der Waals surface area contributed by atoms with Crippen molar-refractivity contribution in [1.82, 2.24) is 0 Å². The van der Waals surface area contributed by atoms with Crippen LogP contribution in [0.4, 0.5) is 0 Å². The molecular weight excluding hydrogens is 542 g/mol. The molecule has 0 bridgehead atoms. The maximum Gasteiger partial charge on any atom is 0.0602 e. The lowest BCUT2D eigenvalue weighted by Crippen LogP contribution is -2.25. The smallest absolute Gasteiger partial charge is 0.0602 e. The van der Waals surface area contributed by atoms with Gasteiger partial charge in [-0.25, -0.2) is 0 Å². The van der Waals surface area contributed by atoms with Crippen LogP contribution in [0.25, 0.3) is 11.1 Å². The molecule has 0 aliphatic rings. The molecule has 1 atom stereocenters. The highest BCUT2D eigenvalue weighted by Crippen LogP contribution is 2.51. The molecule has 0 heterocycles. The van der Waals surface area contributed by atoms with Crippen molar-refractivity contribution < 1.29 is 0 Å². The van der Waals surface area contributed by atoms with Gasteiger partial charge in [-0.05, 0) is 76.9 Å². The number of benzene rings is 6. The Hall–Kier alpha value is -3.82. The molecule has 42 heavy (non-hydrogen) atoms. The Kier molecular flexibility index (Phi) is 8.48. The molecule has 0 N–H and O–H groups in total. The van der Waals surface area contributed by atoms with Crippen LogP contribution >= 0.6 is 17.2 Å². The van der Waals surface area contributed by atoms with E-state index in [-0.39, 0.29) is 0 Å². The van der Waals surface area contributed by atoms with Crippen molar-refractivity contribution in [2.45, 2.75) is 25.2 Å². The predicted octanol–water partition coefficient (Wildman–Crippen LogP) is 9.77. The fraction of sp³-hybridized carbons (Fsp3) is 0.100. The monoisotopic (exact) mass is 578 g/mol. The molecule has 0 aromatic heterocycles. The molecule has 0 aliphatic heterocycles. The molecular formula is C40H36P2. The highest BCUT2D eigenvalue weighted by Gasteiger charge is 2.36. The zero-order valence-electron chi connectivity index (χ0n) is 24.2. The van der Waals surface area contributed by atoms with Crippen molar-refractivity contribution in [2.24, 2.45) is 0 Å². The Balaban J connectivity index is 1.55. The van der Waals surface area contributed by atoms with Gasteiger partial charge in [0.15, 0.2) is 0 Å². The minimum absolute atomic E-state index is 0.413.